The average molecular weight is 478 g/mol. The number of nitrogens with one attached hydrogen (secondary N) is 1. The van der Waals surface area contributed by atoms with Crippen LogP contribution in [-0.4, -0.2) is 37.4 Å². The van der Waals surface area contributed by atoms with E-state index in [0.29, 0.717) is 10.0 Å². The first-order valence-electron chi connectivity index (χ1n) is 8.09. The van der Waals surface area contributed by atoms with E-state index in [1.807, 2.05) is 0 Å². The lowest BCUT2D eigenvalue weighted by molar-refractivity contribution is -0.274. The van der Waals surface area contributed by atoms with Crippen molar-refractivity contribution in [2.75, 3.05) is 26.2 Å². The molecular formula is C18H19Cl4F3N2O. The van der Waals surface area contributed by atoms with E-state index in [4.69, 9.17) is 23.2 Å². The van der Waals surface area contributed by atoms with E-state index in [-0.39, 0.29) is 36.6 Å². The minimum absolute atomic E-state index is 0. The molecule has 0 spiro atoms. The highest BCUT2D eigenvalue weighted by Crippen LogP contribution is 2.36. The summed E-state index contributed by atoms with van der Waals surface area (Å²) in [4.78, 5) is 2.23. The Hall–Kier alpha value is -0.890. The number of alkyl halides is 3. The van der Waals surface area contributed by atoms with E-state index in [2.05, 4.69) is 15.0 Å². The summed E-state index contributed by atoms with van der Waals surface area (Å²) in [6.45, 7) is 3.22. The van der Waals surface area contributed by atoms with Gasteiger partial charge in [0.05, 0.1) is 6.04 Å². The van der Waals surface area contributed by atoms with E-state index in [1.54, 1.807) is 30.3 Å². The molecule has 0 aliphatic carbocycles. The lowest BCUT2D eigenvalue weighted by Gasteiger charge is -2.36. The summed E-state index contributed by atoms with van der Waals surface area (Å²) in [7, 11) is 0. The molecule has 1 saturated heterocycles. The topological polar surface area (TPSA) is 24.5 Å². The zero-order chi connectivity index (χ0) is 18.7. The van der Waals surface area contributed by atoms with Crippen LogP contribution in [0.3, 0.4) is 0 Å². The van der Waals surface area contributed by atoms with Gasteiger partial charge < -0.3 is 10.1 Å². The fraction of sp³-hybridized carbons (Fsp3) is 0.333. The van der Waals surface area contributed by atoms with E-state index >= 15 is 0 Å². The van der Waals surface area contributed by atoms with Gasteiger partial charge in [0.1, 0.15) is 5.75 Å². The van der Waals surface area contributed by atoms with E-state index in [9.17, 15) is 13.2 Å². The first-order valence-corrected chi connectivity index (χ1v) is 8.84. The second-order valence-electron chi connectivity index (χ2n) is 5.97. The van der Waals surface area contributed by atoms with Gasteiger partial charge in [0, 0.05) is 36.2 Å². The first kappa shape index (κ1) is 25.1. The molecule has 0 bridgehead atoms. The van der Waals surface area contributed by atoms with Crippen molar-refractivity contribution in [1.82, 2.24) is 10.2 Å². The number of piperazine rings is 1. The largest absolute Gasteiger partial charge is 0.573 e. The van der Waals surface area contributed by atoms with Crippen LogP contribution in [-0.2, 0) is 0 Å². The molecule has 1 atom stereocenters. The zero-order valence-electron chi connectivity index (χ0n) is 14.5. The van der Waals surface area contributed by atoms with E-state index < -0.39 is 6.36 Å². The quantitative estimate of drug-likeness (QED) is 0.608. The summed E-state index contributed by atoms with van der Waals surface area (Å²) in [5.74, 6) is -0.252. The Labute approximate surface area is 184 Å². The molecule has 0 unspecified atom stereocenters. The number of benzene rings is 2. The summed E-state index contributed by atoms with van der Waals surface area (Å²) < 4.78 is 41.1. The fourth-order valence-electron chi connectivity index (χ4n) is 3.10. The molecule has 2 aromatic carbocycles. The number of rotatable bonds is 4. The molecule has 10 heteroatoms. The monoisotopic (exact) mass is 476 g/mol. The highest BCUT2D eigenvalue weighted by atomic mass is 35.5. The Morgan fingerprint density at radius 2 is 1.57 bits per heavy atom. The fourth-order valence-corrected chi connectivity index (χ4v) is 3.50. The summed E-state index contributed by atoms with van der Waals surface area (Å²) >= 11 is 12.6. The van der Waals surface area contributed by atoms with E-state index in [0.717, 1.165) is 37.3 Å². The molecular weight excluding hydrogens is 459 g/mol. The lowest BCUT2D eigenvalue weighted by Crippen LogP contribution is -2.45. The average Bonchev–Trinajstić information content (AvgIpc) is 2.59. The van der Waals surface area contributed by atoms with Crippen molar-refractivity contribution in [3.05, 3.63) is 63.6 Å². The van der Waals surface area contributed by atoms with Crippen LogP contribution in [0, 0.1) is 0 Å². The Morgan fingerprint density at radius 1 is 0.964 bits per heavy atom. The molecule has 0 amide bonds. The van der Waals surface area contributed by atoms with Crippen molar-refractivity contribution in [3.8, 4) is 5.75 Å². The van der Waals surface area contributed by atoms with Gasteiger partial charge in [0.25, 0.3) is 0 Å². The SMILES string of the molecule is Cl.Cl.FC(F)(F)Oc1ccc([C@@H](c2cc(Cl)ccc2Cl)N2CCNCC2)cc1. The van der Waals surface area contributed by atoms with Crippen LogP contribution in [0.2, 0.25) is 10.0 Å². The van der Waals surface area contributed by atoms with Crippen LogP contribution < -0.4 is 10.1 Å². The molecule has 1 N–H and O–H groups in total. The van der Waals surface area contributed by atoms with Crippen LogP contribution >= 0.6 is 48.0 Å². The number of nitrogens with zero attached hydrogens (tertiary/aromatic N) is 1. The molecule has 2 aromatic rings. The number of hydrogen-bond donors (Lipinski definition) is 1. The molecule has 156 valence electrons. The van der Waals surface area contributed by atoms with Crippen LogP contribution in [0.5, 0.6) is 5.75 Å². The minimum atomic E-state index is -4.71. The smallest absolute Gasteiger partial charge is 0.406 e. The van der Waals surface area contributed by atoms with Gasteiger partial charge in [-0.1, -0.05) is 35.3 Å². The Balaban J connectivity index is 0.00000196. The first-order chi connectivity index (χ1) is 12.3. The van der Waals surface area contributed by atoms with Crippen molar-refractivity contribution in [3.63, 3.8) is 0 Å². The van der Waals surface area contributed by atoms with Crippen LogP contribution in [0.4, 0.5) is 13.2 Å². The minimum Gasteiger partial charge on any atom is -0.406 e. The molecule has 0 aromatic heterocycles. The van der Waals surface area contributed by atoms with Gasteiger partial charge in [-0.15, -0.1) is 38.0 Å². The molecule has 1 aliphatic rings. The Bertz CT molecular complexity index is 753. The summed E-state index contributed by atoms with van der Waals surface area (Å²) in [6, 6.07) is 10.9. The van der Waals surface area contributed by atoms with Crippen molar-refractivity contribution in [1.29, 1.82) is 0 Å². The normalized spacial score (nSPS) is 15.9. The third kappa shape index (κ3) is 6.58. The van der Waals surface area contributed by atoms with Crippen LogP contribution in [0.1, 0.15) is 17.2 Å². The van der Waals surface area contributed by atoms with Gasteiger partial charge in [-0.2, -0.15) is 0 Å². The second kappa shape index (κ2) is 10.8. The predicted molar refractivity (Wildman–Crippen MR) is 110 cm³/mol. The van der Waals surface area contributed by atoms with Gasteiger partial charge in [-0.05, 0) is 41.5 Å². The standard InChI is InChI=1S/C18H17Cl2F3N2O.2ClH/c19-13-3-6-16(20)15(11-13)17(25-9-7-24-8-10-25)12-1-4-14(5-2-12)26-18(21,22)23;;/h1-6,11,17,24H,7-10H2;2*1H/t17-;;/m0../s1. The Kier molecular flexibility index (Phi) is 9.67. The van der Waals surface area contributed by atoms with Crippen molar-refractivity contribution >= 4 is 48.0 Å². The maximum atomic E-state index is 12.4. The Morgan fingerprint density at radius 3 is 2.14 bits per heavy atom. The van der Waals surface area contributed by atoms with Gasteiger partial charge in [-0.25, -0.2) is 0 Å². The second-order valence-corrected chi connectivity index (χ2v) is 6.81. The van der Waals surface area contributed by atoms with Crippen LogP contribution in [0.25, 0.3) is 0 Å². The van der Waals surface area contributed by atoms with E-state index in [1.165, 1.54) is 12.1 Å². The van der Waals surface area contributed by atoms with Gasteiger partial charge >= 0.3 is 6.36 Å². The zero-order valence-corrected chi connectivity index (χ0v) is 17.7. The summed E-state index contributed by atoms with van der Waals surface area (Å²) in [6.07, 6.45) is -4.71. The van der Waals surface area contributed by atoms with Crippen molar-refractivity contribution in [2.24, 2.45) is 0 Å². The maximum Gasteiger partial charge on any atom is 0.573 e. The third-order valence-corrected chi connectivity index (χ3v) is 4.78. The molecule has 1 aliphatic heterocycles. The van der Waals surface area contributed by atoms with Gasteiger partial charge in [-0.3, -0.25) is 4.90 Å². The predicted octanol–water partition coefficient (Wildman–Crippen LogP) is 5.73. The van der Waals surface area contributed by atoms with Crippen molar-refractivity contribution in [2.45, 2.75) is 12.4 Å². The number of hydrogen-bond acceptors (Lipinski definition) is 3. The molecule has 3 nitrogen and oxygen atoms in total. The van der Waals surface area contributed by atoms with Crippen LogP contribution in [0.15, 0.2) is 42.5 Å². The maximum absolute atomic E-state index is 12.4. The number of ether oxygens (including phenoxy) is 1. The molecule has 0 radical (unpaired) electrons. The summed E-state index contributed by atoms with van der Waals surface area (Å²) in [5, 5.41) is 4.41. The highest BCUT2D eigenvalue weighted by molar-refractivity contribution is 6.33. The van der Waals surface area contributed by atoms with Crippen molar-refractivity contribution < 1.29 is 17.9 Å². The molecule has 1 heterocycles. The number of halogens is 7. The molecule has 28 heavy (non-hydrogen) atoms. The molecule has 1 fully saturated rings. The molecule has 3 rings (SSSR count). The third-order valence-electron chi connectivity index (χ3n) is 4.20. The van der Waals surface area contributed by atoms with Gasteiger partial charge in [0.2, 0.25) is 0 Å². The molecule has 0 saturated carbocycles. The van der Waals surface area contributed by atoms with Gasteiger partial charge in [0.15, 0.2) is 0 Å². The summed E-state index contributed by atoms with van der Waals surface area (Å²) in [5.41, 5.74) is 1.65. The highest BCUT2D eigenvalue weighted by Gasteiger charge is 2.31. The lowest BCUT2D eigenvalue weighted by atomic mass is 9.96.